The third-order valence-electron chi connectivity index (χ3n) is 3.11. The molecule has 112 valence electrons. The molecule has 2 N–H and O–H groups in total. The van der Waals surface area contributed by atoms with Crippen molar-refractivity contribution < 1.29 is 9.53 Å². The van der Waals surface area contributed by atoms with Crippen molar-refractivity contribution >= 4 is 22.8 Å². The number of fused-ring (bicyclic) bond motifs is 1. The minimum absolute atomic E-state index is 0.0623. The number of nitrogens with zero attached hydrogens (tertiary/aromatic N) is 2. The van der Waals surface area contributed by atoms with Gasteiger partial charge in [0, 0.05) is 19.0 Å². The molecule has 0 radical (unpaired) electrons. The zero-order valence-electron chi connectivity index (χ0n) is 12.4. The number of carbonyl (C=O) groups excluding carboxylic acids is 1. The lowest BCUT2D eigenvalue weighted by Crippen LogP contribution is -2.36. The minimum Gasteiger partial charge on any atom is -0.497 e. The molecule has 2 rings (SSSR count). The number of anilines is 1. The van der Waals surface area contributed by atoms with Crippen LogP contribution in [0.2, 0.25) is 0 Å². The van der Waals surface area contributed by atoms with E-state index in [1.807, 2.05) is 0 Å². The quantitative estimate of drug-likeness (QED) is 0.822. The first-order chi connectivity index (χ1) is 9.93. The van der Waals surface area contributed by atoms with Gasteiger partial charge in [-0.25, -0.2) is 4.98 Å². The summed E-state index contributed by atoms with van der Waals surface area (Å²) in [6.07, 6.45) is 0. The maximum absolute atomic E-state index is 12.2. The SMILES string of the molecule is COc1ccc2c(c1)nc(NNC(=O)C(C)C)c(=O)n2C. The van der Waals surface area contributed by atoms with Crippen molar-refractivity contribution in [2.45, 2.75) is 13.8 Å². The lowest BCUT2D eigenvalue weighted by atomic mass is 10.2. The van der Waals surface area contributed by atoms with Gasteiger partial charge in [0.2, 0.25) is 11.7 Å². The van der Waals surface area contributed by atoms with Gasteiger partial charge in [-0.15, -0.1) is 0 Å². The molecule has 0 saturated heterocycles. The second-order valence-corrected chi connectivity index (χ2v) is 4.95. The summed E-state index contributed by atoms with van der Waals surface area (Å²) in [7, 11) is 3.21. The number of aryl methyl sites for hydroxylation is 1. The number of amides is 1. The summed E-state index contributed by atoms with van der Waals surface area (Å²) in [6.45, 7) is 3.52. The molecule has 0 saturated carbocycles. The van der Waals surface area contributed by atoms with E-state index < -0.39 is 0 Å². The van der Waals surface area contributed by atoms with E-state index in [1.54, 1.807) is 46.2 Å². The highest BCUT2D eigenvalue weighted by molar-refractivity contribution is 5.80. The summed E-state index contributed by atoms with van der Waals surface area (Å²) in [4.78, 5) is 28.0. The van der Waals surface area contributed by atoms with Crippen LogP contribution in [0.4, 0.5) is 5.82 Å². The van der Waals surface area contributed by atoms with Crippen molar-refractivity contribution in [3.05, 3.63) is 28.6 Å². The average Bonchev–Trinajstić information content (AvgIpc) is 2.48. The predicted molar refractivity (Wildman–Crippen MR) is 80.1 cm³/mol. The fraction of sp³-hybridized carbons (Fsp3) is 0.357. The number of hydrazine groups is 1. The van der Waals surface area contributed by atoms with Crippen LogP contribution in [0.25, 0.3) is 11.0 Å². The number of carbonyl (C=O) groups is 1. The third kappa shape index (κ3) is 2.96. The number of hydrogen-bond donors (Lipinski definition) is 2. The summed E-state index contributed by atoms with van der Waals surface area (Å²) < 4.78 is 6.61. The van der Waals surface area contributed by atoms with E-state index in [9.17, 15) is 9.59 Å². The van der Waals surface area contributed by atoms with Gasteiger partial charge in [-0.2, -0.15) is 0 Å². The Labute approximate surface area is 121 Å². The molecule has 0 aliphatic rings. The standard InChI is InChI=1S/C14H18N4O3/c1-8(2)13(19)17-16-12-14(20)18(3)11-6-5-9(21-4)7-10(11)15-12/h5-8H,1-4H3,(H,15,16)(H,17,19). The van der Waals surface area contributed by atoms with Gasteiger partial charge in [0.15, 0.2) is 0 Å². The van der Waals surface area contributed by atoms with Crippen LogP contribution in [-0.4, -0.2) is 22.6 Å². The highest BCUT2D eigenvalue weighted by Crippen LogP contribution is 2.18. The number of methoxy groups -OCH3 is 1. The van der Waals surface area contributed by atoms with E-state index in [1.165, 1.54) is 4.57 Å². The molecule has 21 heavy (non-hydrogen) atoms. The van der Waals surface area contributed by atoms with Crippen LogP contribution in [-0.2, 0) is 11.8 Å². The van der Waals surface area contributed by atoms with Crippen molar-refractivity contribution in [2.24, 2.45) is 13.0 Å². The van der Waals surface area contributed by atoms with Gasteiger partial charge in [0.25, 0.3) is 5.56 Å². The fourth-order valence-corrected chi connectivity index (χ4v) is 1.79. The summed E-state index contributed by atoms with van der Waals surface area (Å²) in [5.41, 5.74) is 6.00. The first-order valence-corrected chi connectivity index (χ1v) is 6.54. The lowest BCUT2D eigenvalue weighted by Gasteiger charge is -2.12. The van der Waals surface area contributed by atoms with Crippen LogP contribution >= 0.6 is 0 Å². The van der Waals surface area contributed by atoms with Gasteiger partial charge < -0.3 is 9.30 Å². The van der Waals surface area contributed by atoms with E-state index >= 15 is 0 Å². The average molecular weight is 290 g/mol. The highest BCUT2D eigenvalue weighted by Gasteiger charge is 2.11. The molecule has 1 heterocycles. The van der Waals surface area contributed by atoms with Gasteiger partial charge in [0.05, 0.1) is 18.1 Å². The van der Waals surface area contributed by atoms with E-state index in [0.29, 0.717) is 16.8 Å². The van der Waals surface area contributed by atoms with Crippen molar-refractivity contribution in [1.29, 1.82) is 0 Å². The van der Waals surface area contributed by atoms with Gasteiger partial charge in [0.1, 0.15) is 5.75 Å². The molecular formula is C14H18N4O3. The maximum atomic E-state index is 12.2. The Hall–Kier alpha value is -2.57. The van der Waals surface area contributed by atoms with Gasteiger partial charge >= 0.3 is 0 Å². The molecule has 0 unspecified atom stereocenters. The molecule has 0 bridgehead atoms. The van der Waals surface area contributed by atoms with Crippen LogP contribution in [0.1, 0.15) is 13.8 Å². The normalized spacial score (nSPS) is 10.7. The second-order valence-electron chi connectivity index (χ2n) is 4.95. The molecule has 7 heteroatoms. The first-order valence-electron chi connectivity index (χ1n) is 6.54. The topological polar surface area (TPSA) is 85.2 Å². The van der Waals surface area contributed by atoms with E-state index in [-0.39, 0.29) is 23.2 Å². The van der Waals surface area contributed by atoms with E-state index in [0.717, 1.165) is 0 Å². The summed E-state index contributed by atoms with van der Waals surface area (Å²) in [5, 5.41) is 0. The van der Waals surface area contributed by atoms with Crippen molar-refractivity contribution in [1.82, 2.24) is 15.0 Å². The summed E-state index contributed by atoms with van der Waals surface area (Å²) in [6, 6.07) is 5.25. The number of aromatic nitrogens is 2. The molecule has 1 aromatic heterocycles. The number of ether oxygens (including phenoxy) is 1. The zero-order chi connectivity index (χ0) is 15.6. The van der Waals surface area contributed by atoms with Gasteiger partial charge in [-0.3, -0.25) is 20.4 Å². The van der Waals surface area contributed by atoms with Crippen molar-refractivity contribution in [3.8, 4) is 5.75 Å². The Morgan fingerprint density at radius 2 is 2.10 bits per heavy atom. The van der Waals surface area contributed by atoms with Crippen LogP contribution in [0.5, 0.6) is 5.75 Å². The number of hydrogen-bond acceptors (Lipinski definition) is 5. The van der Waals surface area contributed by atoms with Gasteiger partial charge in [-0.1, -0.05) is 13.8 Å². The molecule has 7 nitrogen and oxygen atoms in total. The Morgan fingerprint density at radius 3 is 2.71 bits per heavy atom. The summed E-state index contributed by atoms with van der Waals surface area (Å²) >= 11 is 0. The molecule has 1 amide bonds. The molecule has 0 fully saturated rings. The Balaban J connectivity index is 2.42. The number of rotatable bonds is 4. The molecule has 0 aliphatic carbocycles. The van der Waals surface area contributed by atoms with Gasteiger partial charge in [-0.05, 0) is 12.1 Å². The maximum Gasteiger partial charge on any atom is 0.295 e. The smallest absolute Gasteiger partial charge is 0.295 e. The fourth-order valence-electron chi connectivity index (χ4n) is 1.79. The minimum atomic E-state index is -0.322. The van der Waals surface area contributed by atoms with Crippen molar-refractivity contribution in [2.75, 3.05) is 12.5 Å². The van der Waals surface area contributed by atoms with Crippen molar-refractivity contribution in [3.63, 3.8) is 0 Å². The number of nitrogens with one attached hydrogen (secondary N) is 2. The Kier molecular flexibility index (Phi) is 4.11. The molecule has 0 atom stereocenters. The Bertz CT molecular complexity index is 737. The molecule has 0 aliphatic heterocycles. The van der Waals surface area contributed by atoms with Crippen LogP contribution in [0.3, 0.4) is 0 Å². The molecule has 2 aromatic rings. The summed E-state index contributed by atoms with van der Waals surface area (Å²) in [5.74, 6) is 0.296. The molecule has 1 aromatic carbocycles. The molecule has 0 spiro atoms. The van der Waals surface area contributed by atoms with Crippen LogP contribution in [0, 0.1) is 5.92 Å². The van der Waals surface area contributed by atoms with Crippen LogP contribution < -0.4 is 21.1 Å². The Morgan fingerprint density at radius 1 is 1.38 bits per heavy atom. The number of benzene rings is 1. The second kappa shape index (κ2) is 5.82. The molecular weight excluding hydrogens is 272 g/mol. The van der Waals surface area contributed by atoms with E-state index in [4.69, 9.17) is 4.74 Å². The van der Waals surface area contributed by atoms with Crippen LogP contribution in [0.15, 0.2) is 23.0 Å². The zero-order valence-corrected chi connectivity index (χ0v) is 12.4. The predicted octanol–water partition coefficient (Wildman–Crippen LogP) is 1.04. The lowest BCUT2D eigenvalue weighted by molar-refractivity contribution is -0.123. The largest absolute Gasteiger partial charge is 0.497 e. The highest BCUT2D eigenvalue weighted by atomic mass is 16.5. The van der Waals surface area contributed by atoms with E-state index in [2.05, 4.69) is 15.8 Å². The first kappa shape index (κ1) is 14.8. The third-order valence-corrected chi connectivity index (χ3v) is 3.11. The monoisotopic (exact) mass is 290 g/mol.